The van der Waals surface area contributed by atoms with Crippen LogP contribution in [0.5, 0.6) is 5.88 Å². The molecule has 5 rings (SSSR count). The fraction of sp³-hybridized carbons (Fsp3) is 0.480. The number of ether oxygens (including phenoxy) is 2. The van der Waals surface area contributed by atoms with Gasteiger partial charge in [0.1, 0.15) is 17.2 Å². The summed E-state index contributed by atoms with van der Waals surface area (Å²) in [4.78, 5) is 6.60. The number of halogens is 1. The van der Waals surface area contributed by atoms with E-state index in [-0.39, 0.29) is 0 Å². The highest BCUT2D eigenvalue weighted by Crippen LogP contribution is 2.33. The zero-order chi connectivity index (χ0) is 25.8. The van der Waals surface area contributed by atoms with E-state index in [1.54, 1.807) is 11.6 Å². The lowest BCUT2D eigenvalue weighted by atomic mass is 10.0. The molecule has 1 aliphatic heterocycles. The van der Waals surface area contributed by atoms with Gasteiger partial charge in [0.05, 0.1) is 44.4 Å². The van der Waals surface area contributed by atoms with Gasteiger partial charge in [-0.15, -0.1) is 10.2 Å². The van der Waals surface area contributed by atoms with Crippen LogP contribution in [0.3, 0.4) is 0 Å². The zero-order valence-corrected chi connectivity index (χ0v) is 21.0. The van der Waals surface area contributed by atoms with Gasteiger partial charge >= 0.3 is 0 Å². The number of aromatic nitrogens is 6. The molecule has 1 N–H and O–H groups in total. The second-order valence-corrected chi connectivity index (χ2v) is 8.95. The monoisotopic (exact) mass is 507 g/mol. The maximum Gasteiger partial charge on any atom is 0.244 e. The summed E-state index contributed by atoms with van der Waals surface area (Å²) in [7, 11) is 1.57. The third-order valence-corrected chi connectivity index (χ3v) is 6.65. The Balaban J connectivity index is 1.31. The molecule has 0 radical (unpaired) electrons. The van der Waals surface area contributed by atoms with Crippen LogP contribution in [-0.2, 0) is 11.3 Å². The SMILES string of the molecule is CCn1nnc2ccc(-c3ccn4nc(N[C@H]5CCN(CCOCCC#N)C[C@H]5F)nc(OC)c34)cc21. The number of nitrogens with zero attached hydrogens (tertiary/aromatic N) is 8. The van der Waals surface area contributed by atoms with Gasteiger partial charge < -0.3 is 14.8 Å². The number of likely N-dealkylation sites (tertiary alicyclic amines) is 1. The Labute approximate surface area is 213 Å². The third-order valence-electron chi connectivity index (χ3n) is 6.65. The van der Waals surface area contributed by atoms with Gasteiger partial charge in [-0.1, -0.05) is 11.3 Å². The number of alkyl halides is 1. The van der Waals surface area contributed by atoms with Crippen molar-refractivity contribution >= 4 is 22.5 Å². The highest BCUT2D eigenvalue weighted by Gasteiger charge is 2.30. The number of methoxy groups -OCH3 is 1. The number of hydrogen-bond donors (Lipinski definition) is 1. The van der Waals surface area contributed by atoms with Gasteiger partial charge in [-0.05, 0) is 37.1 Å². The number of nitriles is 1. The van der Waals surface area contributed by atoms with Crippen LogP contribution < -0.4 is 10.1 Å². The number of rotatable bonds is 10. The molecule has 1 aromatic carbocycles. The van der Waals surface area contributed by atoms with Crippen molar-refractivity contribution in [2.75, 3.05) is 45.3 Å². The summed E-state index contributed by atoms with van der Waals surface area (Å²) < 4.78 is 29.6. The predicted octanol–water partition coefficient (Wildman–Crippen LogP) is 2.92. The lowest BCUT2D eigenvalue weighted by Gasteiger charge is -2.34. The molecular formula is C25H30FN9O2. The standard InChI is InChI=1S/C25H30FN9O2/c1-3-34-22-15-17(5-6-21(22)30-32-34)18-7-11-35-23(18)24(36-2)29-25(31-35)28-20-8-10-33(16-19(20)26)12-14-37-13-4-9-27/h5-7,11,15,19-20H,3-4,8,10,12-14,16H2,1-2H3,(H,28,31)/t19-,20+/m1/s1. The van der Waals surface area contributed by atoms with Crippen molar-refractivity contribution in [2.24, 2.45) is 0 Å². The summed E-state index contributed by atoms with van der Waals surface area (Å²) in [6.07, 6.45) is 1.74. The average molecular weight is 508 g/mol. The van der Waals surface area contributed by atoms with Gasteiger partial charge in [-0.2, -0.15) is 10.2 Å². The first kappa shape index (κ1) is 24.9. The summed E-state index contributed by atoms with van der Waals surface area (Å²) in [6.45, 7) is 5.33. The van der Waals surface area contributed by atoms with Crippen LogP contribution >= 0.6 is 0 Å². The Bertz CT molecular complexity index is 1410. The Hall–Kier alpha value is -3.82. The van der Waals surface area contributed by atoms with Crippen molar-refractivity contribution in [3.05, 3.63) is 30.5 Å². The fourth-order valence-corrected chi connectivity index (χ4v) is 4.71. The van der Waals surface area contributed by atoms with Crippen LogP contribution in [0, 0.1) is 11.3 Å². The molecule has 0 amide bonds. The largest absolute Gasteiger partial charge is 0.479 e. The second kappa shape index (κ2) is 11.1. The molecule has 12 heteroatoms. The molecule has 0 unspecified atom stereocenters. The van der Waals surface area contributed by atoms with Crippen molar-refractivity contribution in [2.45, 2.75) is 38.5 Å². The van der Waals surface area contributed by atoms with E-state index in [0.29, 0.717) is 51.0 Å². The van der Waals surface area contributed by atoms with Crippen LogP contribution in [-0.4, -0.2) is 86.7 Å². The van der Waals surface area contributed by atoms with Gasteiger partial charge in [0, 0.05) is 37.9 Å². The van der Waals surface area contributed by atoms with Gasteiger partial charge in [-0.25, -0.2) is 13.6 Å². The van der Waals surface area contributed by atoms with E-state index < -0.39 is 12.2 Å². The quantitative estimate of drug-likeness (QED) is 0.323. The molecule has 11 nitrogen and oxygen atoms in total. The number of piperidine rings is 1. The molecule has 4 aromatic rings. The molecule has 1 fully saturated rings. The minimum absolute atomic E-state index is 0.304. The van der Waals surface area contributed by atoms with Crippen LogP contribution in [0.4, 0.5) is 10.3 Å². The zero-order valence-electron chi connectivity index (χ0n) is 21.0. The topological polar surface area (TPSA) is 118 Å². The van der Waals surface area contributed by atoms with Crippen molar-refractivity contribution in [1.82, 2.24) is 34.5 Å². The number of benzene rings is 1. The molecule has 2 atom stereocenters. The summed E-state index contributed by atoms with van der Waals surface area (Å²) in [5.74, 6) is 0.721. The molecule has 0 bridgehead atoms. The number of fused-ring (bicyclic) bond motifs is 2. The van der Waals surface area contributed by atoms with Gasteiger partial charge in [0.2, 0.25) is 11.8 Å². The normalized spacial score (nSPS) is 18.3. The lowest BCUT2D eigenvalue weighted by Crippen LogP contribution is -2.48. The number of anilines is 1. The summed E-state index contributed by atoms with van der Waals surface area (Å²) in [5.41, 5.74) is 4.41. The molecule has 194 valence electrons. The maximum atomic E-state index is 15.0. The second-order valence-electron chi connectivity index (χ2n) is 8.95. The first-order chi connectivity index (χ1) is 18.1. The van der Waals surface area contributed by atoms with Crippen LogP contribution in [0.1, 0.15) is 19.8 Å². The fourth-order valence-electron chi connectivity index (χ4n) is 4.71. The highest BCUT2D eigenvalue weighted by atomic mass is 19.1. The summed E-state index contributed by atoms with van der Waals surface area (Å²) in [6, 6.07) is 9.60. The first-order valence-corrected chi connectivity index (χ1v) is 12.5. The highest BCUT2D eigenvalue weighted by molar-refractivity contribution is 5.89. The van der Waals surface area contributed by atoms with Crippen molar-refractivity contribution in [1.29, 1.82) is 5.26 Å². The smallest absolute Gasteiger partial charge is 0.244 e. The Morgan fingerprint density at radius 1 is 1.27 bits per heavy atom. The first-order valence-electron chi connectivity index (χ1n) is 12.5. The van der Waals surface area contributed by atoms with Crippen LogP contribution in [0.25, 0.3) is 27.7 Å². The van der Waals surface area contributed by atoms with Crippen molar-refractivity contribution in [3.63, 3.8) is 0 Å². The molecule has 0 aliphatic carbocycles. The maximum absolute atomic E-state index is 15.0. The van der Waals surface area contributed by atoms with E-state index in [0.717, 1.165) is 40.8 Å². The molecule has 4 heterocycles. The van der Waals surface area contributed by atoms with Crippen molar-refractivity contribution < 1.29 is 13.9 Å². The van der Waals surface area contributed by atoms with Gasteiger partial charge in [-0.3, -0.25) is 4.90 Å². The van der Waals surface area contributed by atoms with E-state index >= 15 is 4.39 Å². The van der Waals surface area contributed by atoms with E-state index in [2.05, 4.69) is 31.8 Å². The van der Waals surface area contributed by atoms with E-state index in [1.165, 1.54) is 0 Å². The van der Waals surface area contributed by atoms with E-state index in [9.17, 15) is 0 Å². The number of aryl methyl sites for hydroxylation is 1. The Kier molecular flexibility index (Phi) is 7.43. The molecule has 3 aromatic heterocycles. The summed E-state index contributed by atoms with van der Waals surface area (Å²) in [5, 5.41) is 24.7. The van der Waals surface area contributed by atoms with Gasteiger partial charge in [0.15, 0.2) is 0 Å². The Morgan fingerprint density at radius 3 is 2.95 bits per heavy atom. The van der Waals surface area contributed by atoms with Crippen molar-refractivity contribution in [3.8, 4) is 23.1 Å². The predicted molar refractivity (Wildman–Crippen MR) is 136 cm³/mol. The van der Waals surface area contributed by atoms with E-state index in [1.807, 2.05) is 47.0 Å². The Morgan fingerprint density at radius 2 is 2.16 bits per heavy atom. The molecular weight excluding hydrogens is 477 g/mol. The van der Waals surface area contributed by atoms with Crippen LogP contribution in [0.15, 0.2) is 30.5 Å². The summed E-state index contributed by atoms with van der Waals surface area (Å²) >= 11 is 0. The third kappa shape index (κ3) is 5.19. The van der Waals surface area contributed by atoms with Gasteiger partial charge in [0.25, 0.3) is 0 Å². The molecule has 1 aliphatic rings. The molecule has 0 saturated carbocycles. The van der Waals surface area contributed by atoms with Crippen LogP contribution in [0.2, 0.25) is 0 Å². The lowest BCUT2D eigenvalue weighted by molar-refractivity contribution is 0.0737. The van der Waals surface area contributed by atoms with E-state index in [4.69, 9.17) is 14.7 Å². The molecule has 37 heavy (non-hydrogen) atoms. The minimum atomic E-state index is -1.08. The number of nitrogens with one attached hydrogen (secondary N) is 1. The minimum Gasteiger partial charge on any atom is -0.479 e. The number of hydrogen-bond acceptors (Lipinski definition) is 9. The average Bonchev–Trinajstić information content (AvgIpc) is 3.53. The molecule has 0 spiro atoms. The molecule has 1 saturated heterocycles.